The normalized spacial score (nSPS) is 10.7. The summed E-state index contributed by atoms with van der Waals surface area (Å²) in [5.74, 6) is 1.05. The van der Waals surface area contributed by atoms with Gasteiger partial charge in [0.2, 0.25) is 0 Å². The van der Waals surface area contributed by atoms with Crippen molar-refractivity contribution in [3.63, 3.8) is 0 Å². The SMILES string of the molecule is COCCN=C(N)NCCOc1ccccc1Cl.I. The molecule has 0 aliphatic carbocycles. The minimum Gasteiger partial charge on any atom is -0.490 e. The van der Waals surface area contributed by atoms with Crippen LogP contribution in [0.2, 0.25) is 5.02 Å². The molecule has 7 heteroatoms. The molecular formula is C12H19ClIN3O2. The molecule has 0 aliphatic rings. The zero-order valence-electron chi connectivity index (χ0n) is 10.8. The molecule has 0 amide bonds. The lowest BCUT2D eigenvalue weighted by Gasteiger charge is -2.09. The third kappa shape index (κ3) is 8.12. The summed E-state index contributed by atoms with van der Waals surface area (Å²) in [5, 5.41) is 3.53. The Morgan fingerprint density at radius 2 is 2.11 bits per heavy atom. The van der Waals surface area contributed by atoms with Gasteiger partial charge in [-0.25, -0.2) is 0 Å². The largest absolute Gasteiger partial charge is 0.490 e. The van der Waals surface area contributed by atoms with Gasteiger partial charge in [-0.05, 0) is 12.1 Å². The lowest BCUT2D eigenvalue weighted by molar-refractivity contribution is 0.208. The van der Waals surface area contributed by atoms with Crippen molar-refractivity contribution >= 4 is 41.5 Å². The Balaban J connectivity index is 0.00000324. The number of guanidine groups is 1. The number of nitrogens with one attached hydrogen (secondary N) is 1. The highest BCUT2D eigenvalue weighted by molar-refractivity contribution is 14.0. The van der Waals surface area contributed by atoms with E-state index in [1.807, 2.05) is 18.2 Å². The van der Waals surface area contributed by atoms with Crippen molar-refractivity contribution in [2.45, 2.75) is 0 Å². The van der Waals surface area contributed by atoms with Gasteiger partial charge in [-0.3, -0.25) is 4.99 Å². The standard InChI is InChI=1S/C12H18ClN3O2.HI/c1-17-8-6-15-12(14)16-7-9-18-11-5-3-2-4-10(11)13;/h2-5H,6-9H2,1H3,(H3,14,15,16);1H. The molecule has 1 aromatic carbocycles. The van der Waals surface area contributed by atoms with Crippen LogP contribution in [0.3, 0.4) is 0 Å². The lowest BCUT2D eigenvalue weighted by Crippen LogP contribution is -2.35. The molecule has 0 atom stereocenters. The monoisotopic (exact) mass is 399 g/mol. The van der Waals surface area contributed by atoms with Crippen molar-refractivity contribution in [3.05, 3.63) is 29.3 Å². The summed E-state index contributed by atoms with van der Waals surface area (Å²) in [6.07, 6.45) is 0. The van der Waals surface area contributed by atoms with E-state index in [2.05, 4.69) is 10.3 Å². The van der Waals surface area contributed by atoms with E-state index in [1.165, 1.54) is 0 Å². The number of aliphatic imine (C=N–C) groups is 1. The third-order valence-corrected chi connectivity index (χ3v) is 2.39. The smallest absolute Gasteiger partial charge is 0.188 e. The Hall–Kier alpha value is -0.730. The maximum Gasteiger partial charge on any atom is 0.188 e. The molecule has 1 aromatic rings. The van der Waals surface area contributed by atoms with E-state index in [1.54, 1.807) is 13.2 Å². The van der Waals surface area contributed by atoms with E-state index >= 15 is 0 Å². The fourth-order valence-corrected chi connectivity index (χ4v) is 1.41. The predicted octanol–water partition coefficient (Wildman–Crippen LogP) is 1.89. The van der Waals surface area contributed by atoms with Crippen molar-refractivity contribution in [3.8, 4) is 5.75 Å². The van der Waals surface area contributed by atoms with Gasteiger partial charge in [0.1, 0.15) is 12.4 Å². The van der Waals surface area contributed by atoms with Gasteiger partial charge in [0, 0.05) is 7.11 Å². The number of halogens is 2. The Morgan fingerprint density at radius 1 is 1.37 bits per heavy atom. The average Bonchev–Trinajstić information content (AvgIpc) is 2.37. The second kappa shape index (κ2) is 11.1. The fraction of sp³-hybridized carbons (Fsp3) is 0.417. The Morgan fingerprint density at radius 3 is 2.79 bits per heavy atom. The highest BCUT2D eigenvalue weighted by Crippen LogP contribution is 2.22. The van der Waals surface area contributed by atoms with Gasteiger partial charge < -0.3 is 20.5 Å². The molecule has 0 bridgehead atoms. The van der Waals surface area contributed by atoms with Crippen molar-refractivity contribution in [1.82, 2.24) is 5.32 Å². The summed E-state index contributed by atoms with van der Waals surface area (Å²) in [6, 6.07) is 7.33. The fourth-order valence-electron chi connectivity index (χ4n) is 1.22. The second-order valence-corrected chi connectivity index (χ2v) is 3.87. The molecule has 1 rings (SSSR count). The minimum absolute atomic E-state index is 0. The third-order valence-electron chi connectivity index (χ3n) is 2.08. The van der Waals surface area contributed by atoms with Crippen molar-refractivity contribution in [2.24, 2.45) is 10.7 Å². The summed E-state index contributed by atoms with van der Waals surface area (Å²) in [5.41, 5.74) is 5.63. The first-order valence-corrected chi connectivity index (χ1v) is 6.02. The van der Waals surface area contributed by atoms with Crippen molar-refractivity contribution in [2.75, 3.05) is 33.4 Å². The van der Waals surface area contributed by atoms with Gasteiger partial charge in [-0.15, -0.1) is 24.0 Å². The van der Waals surface area contributed by atoms with Gasteiger partial charge in [-0.2, -0.15) is 0 Å². The van der Waals surface area contributed by atoms with Crippen LogP contribution in [0.1, 0.15) is 0 Å². The first-order chi connectivity index (χ1) is 8.74. The molecule has 0 fully saturated rings. The number of ether oxygens (including phenoxy) is 2. The molecule has 0 unspecified atom stereocenters. The Bertz CT molecular complexity index is 391. The van der Waals surface area contributed by atoms with E-state index in [4.69, 9.17) is 26.8 Å². The minimum atomic E-state index is 0. The molecule has 0 saturated heterocycles. The van der Waals surface area contributed by atoms with E-state index in [0.29, 0.717) is 43.0 Å². The van der Waals surface area contributed by atoms with Crippen molar-refractivity contribution in [1.29, 1.82) is 0 Å². The van der Waals surface area contributed by atoms with Crippen molar-refractivity contribution < 1.29 is 9.47 Å². The number of hydrogen-bond donors (Lipinski definition) is 2. The maximum absolute atomic E-state index is 5.94. The number of methoxy groups -OCH3 is 1. The second-order valence-electron chi connectivity index (χ2n) is 3.47. The van der Waals surface area contributed by atoms with Crippen LogP contribution in [0.15, 0.2) is 29.3 Å². The number of hydrogen-bond acceptors (Lipinski definition) is 3. The van der Waals surface area contributed by atoms with Crippen LogP contribution in [-0.2, 0) is 4.74 Å². The number of nitrogens with two attached hydrogens (primary N) is 1. The van der Waals surface area contributed by atoms with Crippen LogP contribution in [0.25, 0.3) is 0 Å². The number of nitrogens with zero attached hydrogens (tertiary/aromatic N) is 1. The highest BCUT2D eigenvalue weighted by Gasteiger charge is 1.99. The van der Waals surface area contributed by atoms with Gasteiger partial charge in [0.15, 0.2) is 5.96 Å². The van der Waals surface area contributed by atoms with Crippen LogP contribution in [0, 0.1) is 0 Å². The summed E-state index contributed by atoms with van der Waals surface area (Å²) in [6.45, 7) is 2.12. The topological polar surface area (TPSA) is 68.9 Å². The maximum atomic E-state index is 5.94. The molecule has 5 nitrogen and oxygen atoms in total. The molecule has 0 saturated carbocycles. The van der Waals surface area contributed by atoms with Crippen LogP contribution in [-0.4, -0.2) is 39.4 Å². The zero-order chi connectivity index (χ0) is 13.2. The molecule has 0 aliphatic heterocycles. The zero-order valence-corrected chi connectivity index (χ0v) is 13.9. The Kier molecular flexibility index (Phi) is 10.7. The summed E-state index contributed by atoms with van der Waals surface area (Å²) >= 11 is 5.94. The van der Waals surface area contributed by atoms with Gasteiger partial charge in [0.05, 0.1) is 24.7 Å². The van der Waals surface area contributed by atoms with Gasteiger partial charge in [0.25, 0.3) is 0 Å². The summed E-state index contributed by atoms with van der Waals surface area (Å²) in [7, 11) is 1.62. The first-order valence-electron chi connectivity index (χ1n) is 5.64. The molecule has 3 N–H and O–H groups in total. The van der Waals surface area contributed by atoms with E-state index in [0.717, 1.165) is 0 Å². The molecule has 108 valence electrons. The van der Waals surface area contributed by atoms with Crippen LogP contribution < -0.4 is 15.8 Å². The Labute approximate surface area is 135 Å². The molecule has 0 heterocycles. The predicted molar refractivity (Wildman–Crippen MR) is 88.7 cm³/mol. The van der Waals surface area contributed by atoms with Gasteiger partial charge in [-0.1, -0.05) is 23.7 Å². The number of rotatable bonds is 7. The van der Waals surface area contributed by atoms with Gasteiger partial charge >= 0.3 is 0 Å². The quantitative estimate of drug-likeness (QED) is 0.318. The first kappa shape index (κ1) is 18.3. The average molecular weight is 400 g/mol. The highest BCUT2D eigenvalue weighted by atomic mass is 127. The molecule has 0 radical (unpaired) electrons. The summed E-state index contributed by atoms with van der Waals surface area (Å²) in [4.78, 5) is 4.05. The molecule has 0 aromatic heterocycles. The van der Waals surface area contributed by atoms with E-state index < -0.39 is 0 Å². The number of para-hydroxylation sites is 1. The van der Waals surface area contributed by atoms with Crippen LogP contribution in [0.4, 0.5) is 0 Å². The molecular weight excluding hydrogens is 381 g/mol. The number of benzene rings is 1. The van der Waals surface area contributed by atoms with E-state index in [-0.39, 0.29) is 24.0 Å². The van der Waals surface area contributed by atoms with Crippen LogP contribution in [0.5, 0.6) is 5.75 Å². The van der Waals surface area contributed by atoms with Crippen LogP contribution >= 0.6 is 35.6 Å². The summed E-state index contributed by atoms with van der Waals surface area (Å²) < 4.78 is 10.3. The van der Waals surface area contributed by atoms with E-state index in [9.17, 15) is 0 Å². The molecule has 19 heavy (non-hydrogen) atoms. The molecule has 0 spiro atoms. The lowest BCUT2D eigenvalue weighted by atomic mass is 10.3.